The van der Waals surface area contributed by atoms with Crippen LogP contribution in [0.4, 0.5) is 0 Å². The van der Waals surface area contributed by atoms with Crippen molar-refractivity contribution in [2.45, 2.75) is 31.0 Å². The zero-order valence-corrected chi connectivity index (χ0v) is 16.7. The Balaban J connectivity index is 1.85. The second kappa shape index (κ2) is 8.65. The number of amides is 1. The van der Waals surface area contributed by atoms with Gasteiger partial charge in [0.2, 0.25) is 5.91 Å². The van der Waals surface area contributed by atoms with Gasteiger partial charge >= 0.3 is 0 Å². The van der Waals surface area contributed by atoms with Crippen LogP contribution in [0, 0.1) is 0 Å². The first-order chi connectivity index (χ1) is 12.6. The number of fused-ring (bicyclic) bond motifs is 1. The van der Waals surface area contributed by atoms with E-state index in [9.17, 15) is 4.79 Å². The molecule has 0 N–H and O–H groups in total. The summed E-state index contributed by atoms with van der Waals surface area (Å²) in [4.78, 5) is 15.6. The van der Waals surface area contributed by atoms with Crippen molar-refractivity contribution >= 4 is 40.2 Å². The van der Waals surface area contributed by atoms with Crippen molar-refractivity contribution in [3.05, 3.63) is 65.3 Å². The number of para-hydroxylation sites is 1. The third-order valence-electron chi connectivity index (χ3n) is 4.51. The quantitative estimate of drug-likeness (QED) is 0.504. The summed E-state index contributed by atoms with van der Waals surface area (Å²) in [6.45, 7) is 5.88. The van der Waals surface area contributed by atoms with Crippen LogP contribution in [0.15, 0.2) is 59.6 Å². The van der Waals surface area contributed by atoms with Gasteiger partial charge in [-0.3, -0.25) is 4.79 Å². The minimum Gasteiger partial charge on any atom is -0.342 e. The first-order valence-corrected chi connectivity index (χ1v) is 10.2. The number of hydrogen-bond donors (Lipinski definition) is 0. The fraction of sp³-hybridized carbons (Fsp3) is 0.286. The lowest BCUT2D eigenvalue weighted by Gasteiger charge is -2.19. The number of halogens is 1. The highest BCUT2D eigenvalue weighted by Crippen LogP contribution is 2.33. The van der Waals surface area contributed by atoms with E-state index in [0.29, 0.717) is 6.54 Å². The van der Waals surface area contributed by atoms with Gasteiger partial charge in [-0.1, -0.05) is 48.0 Å². The van der Waals surface area contributed by atoms with Crippen molar-refractivity contribution in [1.82, 2.24) is 9.47 Å². The second-order valence-corrected chi connectivity index (χ2v) is 7.51. The van der Waals surface area contributed by atoms with E-state index in [0.717, 1.165) is 34.9 Å². The van der Waals surface area contributed by atoms with Gasteiger partial charge in [0.05, 0.1) is 0 Å². The predicted octanol–water partition coefficient (Wildman–Crippen LogP) is 5.46. The molecule has 3 aromatic rings. The minimum atomic E-state index is 0.151. The molecular weight excluding hydrogens is 364 g/mol. The summed E-state index contributed by atoms with van der Waals surface area (Å²) in [7, 11) is 0. The number of aromatic nitrogens is 1. The van der Waals surface area contributed by atoms with Crippen molar-refractivity contribution in [2.75, 3.05) is 13.1 Å². The molecule has 0 atom stereocenters. The maximum atomic E-state index is 12.5. The molecule has 0 saturated carbocycles. The lowest BCUT2D eigenvalue weighted by Crippen LogP contribution is -2.33. The van der Waals surface area contributed by atoms with Crippen molar-refractivity contribution in [3.63, 3.8) is 0 Å². The van der Waals surface area contributed by atoms with E-state index in [-0.39, 0.29) is 5.91 Å². The smallest absolute Gasteiger partial charge is 0.242 e. The summed E-state index contributed by atoms with van der Waals surface area (Å²) >= 11 is 8.04. The molecule has 0 aliphatic carbocycles. The largest absolute Gasteiger partial charge is 0.342 e. The van der Waals surface area contributed by atoms with Crippen LogP contribution in [-0.2, 0) is 17.1 Å². The summed E-state index contributed by atoms with van der Waals surface area (Å²) < 4.78 is 2.06. The van der Waals surface area contributed by atoms with Gasteiger partial charge in [0.15, 0.2) is 0 Å². The molecule has 1 aromatic heterocycles. The number of hydrogen-bond acceptors (Lipinski definition) is 2. The molecule has 0 radical (unpaired) electrons. The normalized spacial score (nSPS) is 11.0. The second-order valence-electron chi connectivity index (χ2n) is 6.08. The number of carbonyl (C=O) groups excluding carboxylic acids is 1. The molecule has 0 aliphatic rings. The first kappa shape index (κ1) is 18.9. The van der Waals surface area contributed by atoms with Gasteiger partial charge in [0.1, 0.15) is 6.54 Å². The average molecular weight is 387 g/mol. The Kier molecular flexibility index (Phi) is 6.28. The molecule has 1 heterocycles. The topological polar surface area (TPSA) is 25.2 Å². The van der Waals surface area contributed by atoms with Crippen LogP contribution in [-0.4, -0.2) is 28.5 Å². The van der Waals surface area contributed by atoms with Crippen LogP contribution in [0.2, 0.25) is 5.02 Å². The van der Waals surface area contributed by atoms with E-state index in [1.807, 2.05) is 49.1 Å². The number of likely N-dealkylation sites (N-methyl/N-ethyl adjacent to an activating group) is 1. The molecule has 3 nitrogen and oxygen atoms in total. The SMILES string of the molecule is CCN(CC)C(=O)Cn1cc(SCc2ccccc2Cl)c2ccccc21. The van der Waals surface area contributed by atoms with E-state index in [4.69, 9.17) is 11.6 Å². The Morgan fingerprint density at radius 2 is 1.77 bits per heavy atom. The van der Waals surface area contributed by atoms with E-state index in [2.05, 4.69) is 29.0 Å². The summed E-state index contributed by atoms with van der Waals surface area (Å²) in [6, 6.07) is 16.2. The Morgan fingerprint density at radius 1 is 1.08 bits per heavy atom. The Bertz CT molecular complexity index is 902. The molecule has 0 aliphatic heterocycles. The third-order valence-corrected chi connectivity index (χ3v) is 5.98. The Hall–Kier alpha value is -1.91. The van der Waals surface area contributed by atoms with Crippen molar-refractivity contribution in [1.29, 1.82) is 0 Å². The summed E-state index contributed by atoms with van der Waals surface area (Å²) in [5, 5.41) is 1.97. The standard InChI is InChI=1S/C21H23ClN2OS/c1-3-23(4-2)21(25)14-24-13-20(17-10-6-8-12-19(17)24)26-15-16-9-5-7-11-18(16)22/h5-13H,3-4,14-15H2,1-2H3. The van der Waals surface area contributed by atoms with Gasteiger partial charge in [0.25, 0.3) is 0 Å². The van der Waals surface area contributed by atoms with Crippen LogP contribution < -0.4 is 0 Å². The lowest BCUT2D eigenvalue weighted by atomic mass is 10.2. The van der Waals surface area contributed by atoms with Gasteiger partial charge in [-0.2, -0.15) is 0 Å². The molecule has 0 bridgehead atoms. The van der Waals surface area contributed by atoms with Gasteiger partial charge in [0, 0.05) is 45.9 Å². The van der Waals surface area contributed by atoms with Crippen LogP contribution in [0.25, 0.3) is 10.9 Å². The summed E-state index contributed by atoms with van der Waals surface area (Å²) in [5.74, 6) is 0.955. The highest BCUT2D eigenvalue weighted by atomic mass is 35.5. The van der Waals surface area contributed by atoms with Gasteiger partial charge in [-0.05, 0) is 31.5 Å². The summed E-state index contributed by atoms with van der Waals surface area (Å²) in [5.41, 5.74) is 2.21. The number of benzene rings is 2. The molecule has 0 spiro atoms. The Labute approximate surface area is 163 Å². The summed E-state index contributed by atoms with van der Waals surface area (Å²) in [6.07, 6.45) is 2.09. The number of rotatable bonds is 7. The predicted molar refractivity (Wildman–Crippen MR) is 111 cm³/mol. The van der Waals surface area contributed by atoms with E-state index < -0.39 is 0 Å². The van der Waals surface area contributed by atoms with Crippen LogP contribution in [0.1, 0.15) is 19.4 Å². The number of carbonyl (C=O) groups is 1. The fourth-order valence-electron chi connectivity index (χ4n) is 3.05. The van der Waals surface area contributed by atoms with Crippen molar-refractivity contribution in [2.24, 2.45) is 0 Å². The molecule has 0 fully saturated rings. The molecule has 3 rings (SSSR count). The highest BCUT2D eigenvalue weighted by molar-refractivity contribution is 7.98. The number of thioether (sulfide) groups is 1. The zero-order chi connectivity index (χ0) is 18.5. The van der Waals surface area contributed by atoms with Gasteiger partial charge in [-0.15, -0.1) is 11.8 Å². The van der Waals surface area contributed by atoms with E-state index in [1.54, 1.807) is 11.8 Å². The highest BCUT2D eigenvalue weighted by Gasteiger charge is 2.14. The lowest BCUT2D eigenvalue weighted by molar-refractivity contribution is -0.131. The average Bonchev–Trinajstić information content (AvgIpc) is 3.00. The van der Waals surface area contributed by atoms with Crippen LogP contribution in [0.3, 0.4) is 0 Å². The van der Waals surface area contributed by atoms with E-state index in [1.165, 1.54) is 10.3 Å². The fourth-order valence-corrected chi connectivity index (χ4v) is 4.43. The monoisotopic (exact) mass is 386 g/mol. The maximum Gasteiger partial charge on any atom is 0.242 e. The molecule has 26 heavy (non-hydrogen) atoms. The molecule has 5 heteroatoms. The van der Waals surface area contributed by atoms with E-state index >= 15 is 0 Å². The van der Waals surface area contributed by atoms with Crippen molar-refractivity contribution < 1.29 is 4.79 Å². The molecule has 1 amide bonds. The molecule has 136 valence electrons. The molecule has 2 aromatic carbocycles. The zero-order valence-electron chi connectivity index (χ0n) is 15.1. The van der Waals surface area contributed by atoms with Crippen molar-refractivity contribution in [3.8, 4) is 0 Å². The maximum absolute atomic E-state index is 12.5. The first-order valence-electron chi connectivity index (χ1n) is 8.85. The van der Waals surface area contributed by atoms with Crippen LogP contribution in [0.5, 0.6) is 0 Å². The van der Waals surface area contributed by atoms with Gasteiger partial charge < -0.3 is 9.47 Å². The Morgan fingerprint density at radius 3 is 2.50 bits per heavy atom. The molecule has 0 saturated heterocycles. The van der Waals surface area contributed by atoms with Crippen LogP contribution >= 0.6 is 23.4 Å². The molecule has 0 unspecified atom stereocenters. The molecular formula is C21H23ClN2OS. The number of nitrogens with zero attached hydrogens (tertiary/aromatic N) is 2. The van der Waals surface area contributed by atoms with Gasteiger partial charge in [-0.25, -0.2) is 0 Å². The minimum absolute atomic E-state index is 0.151. The third kappa shape index (κ3) is 4.08.